The molecule has 4 nitrogen and oxygen atoms in total. The van der Waals surface area contributed by atoms with Gasteiger partial charge in [0.1, 0.15) is 5.69 Å². The van der Waals surface area contributed by atoms with Crippen LogP contribution in [0.15, 0.2) is 42.6 Å². The Morgan fingerprint density at radius 1 is 1.18 bits per heavy atom. The van der Waals surface area contributed by atoms with Gasteiger partial charge in [0.15, 0.2) is 0 Å². The molecule has 0 aliphatic rings. The average Bonchev–Trinajstić information content (AvgIpc) is 2.79. The molecule has 0 atom stereocenters. The second-order valence-corrected chi connectivity index (χ2v) is 3.72. The maximum atomic E-state index is 11.1. The molecular weight excluding hydrogens is 216 g/mol. The van der Waals surface area contributed by atoms with E-state index in [0.29, 0.717) is 18.9 Å². The molecule has 0 spiro atoms. The minimum absolute atomic E-state index is 0.372. The predicted octanol–water partition coefficient (Wildman–Crippen LogP) is 1.83. The van der Waals surface area contributed by atoms with Gasteiger partial charge in [0.05, 0.1) is 13.2 Å². The SMILES string of the molecule is NC(=O)c1[nH]ccc1COCc1ccccc1. The van der Waals surface area contributed by atoms with Gasteiger partial charge < -0.3 is 15.5 Å². The summed E-state index contributed by atoms with van der Waals surface area (Å²) >= 11 is 0. The molecular formula is C13H14N2O2. The van der Waals surface area contributed by atoms with E-state index in [2.05, 4.69) is 4.98 Å². The molecule has 3 N–H and O–H groups in total. The van der Waals surface area contributed by atoms with Crippen LogP contribution in [0.5, 0.6) is 0 Å². The Morgan fingerprint density at radius 2 is 1.94 bits per heavy atom. The summed E-state index contributed by atoms with van der Waals surface area (Å²) in [5, 5.41) is 0. The third-order valence-electron chi connectivity index (χ3n) is 2.45. The summed E-state index contributed by atoms with van der Waals surface area (Å²) in [6.07, 6.45) is 1.68. The first-order valence-electron chi connectivity index (χ1n) is 5.35. The van der Waals surface area contributed by atoms with Crippen LogP contribution in [0.25, 0.3) is 0 Å². The fraction of sp³-hybridized carbons (Fsp3) is 0.154. The van der Waals surface area contributed by atoms with Crippen molar-refractivity contribution in [3.63, 3.8) is 0 Å². The highest BCUT2D eigenvalue weighted by Crippen LogP contribution is 2.09. The van der Waals surface area contributed by atoms with E-state index in [1.54, 1.807) is 12.3 Å². The molecule has 0 bridgehead atoms. The van der Waals surface area contributed by atoms with Crippen LogP contribution in [-0.4, -0.2) is 10.9 Å². The molecule has 0 fully saturated rings. The van der Waals surface area contributed by atoms with E-state index in [1.165, 1.54) is 0 Å². The largest absolute Gasteiger partial charge is 0.372 e. The molecule has 1 aromatic carbocycles. The van der Waals surface area contributed by atoms with Gasteiger partial charge in [-0.25, -0.2) is 0 Å². The molecule has 0 aliphatic carbocycles. The highest BCUT2D eigenvalue weighted by Gasteiger charge is 2.08. The van der Waals surface area contributed by atoms with Crippen LogP contribution >= 0.6 is 0 Å². The lowest BCUT2D eigenvalue weighted by Gasteiger charge is -2.04. The smallest absolute Gasteiger partial charge is 0.265 e. The number of nitrogens with two attached hydrogens (primary N) is 1. The van der Waals surface area contributed by atoms with Gasteiger partial charge in [-0.3, -0.25) is 4.79 Å². The summed E-state index contributed by atoms with van der Waals surface area (Å²) in [7, 11) is 0. The normalized spacial score (nSPS) is 10.4. The van der Waals surface area contributed by atoms with Crippen LogP contribution in [-0.2, 0) is 18.0 Å². The minimum Gasteiger partial charge on any atom is -0.372 e. The highest BCUT2D eigenvalue weighted by molar-refractivity contribution is 5.92. The number of rotatable bonds is 5. The van der Waals surface area contributed by atoms with Crippen molar-refractivity contribution in [2.24, 2.45) is 5.73 Å². The van der Waals surface area contributed by atoms with Crippen molar-refractivity contribution in [2.75, 3.05) is 0 Å². The van der Waals surface area contributed by atoms with Crippen molar-refractivity contribution < 1.29 is 9.53 Å². The number of hydrogen-bond donors (Lipinski definition) is 2. The zero-order chi connectivity index (χ0) is 12.1. The predicted molar refractivity (Wildman–Crippen MR) is 64.2 cm³/mol. The summed E-state index contributed by atoms with van der Waals surface area (Å²) in [4.78, 5) is 13.9. The van der Waals surface area contributed by atoms with E-state index in [0.717, 1.165) is 11.1 Å². The second-order valence-electron chi connectivity index (χ2n) is 3.72. The van der Waals surface area contributed by atoms with E-state index in [1.807, 2.05) is 30.3 Å². The topological polar surface area (TPSA) is 68.1 Å². The van der Waals surface area contributed by atoms with E-state index in [-0.39, 0.29) is 0 Å². The molecule has 1 amide bonds. The van der Waals surface area contributed by atoms with Crippen molar-refractivity contribution in [2.45, 2.75) is 13.2 Å². The zero-order valence-electron chi connectivity index (χ0n) is 9.35. The van der Waals surface area contributed by atoms with Gasteiger partial charge in [0.25, 0.3) is 5.91 Å². The fourth-order valence-electron chi connectivity index (χ4n) is 1.60. The number of nitrogens with one attached hydrogen (secondary N) is 1. The summed E-state index contributed by atoms with van der Waals surface area (Å²) < 4.78 is 5.53. The molecule has 88 valence electrons. The van der Waals surface area contributed by atoms with Gasteiger partial charge in [-0.2, -0.15) is 0 Å². The van der Waals surface area contributed by atoms with Crippen LogP contribution in [0.3, 0.4) is 0 Å². The minimum atomic E-state index is -0.465. The number of hydrogen-bond acceptors (Lipinski definition) is 2. The molecule has 2 aromatic rings. The molecule has 1 aromatic heterocycles. The van der Waals surface area contributed by atoms with Crippen molar-refractivity contribution in [1.82, 2.24) is 4.98 Å². The molecule has 0 radical (unpaired) electrons. The highest BCUT2D eigenvalue weighted by atomic mass is 16.5. The molecule has 0 aliphatic heterocycles. The third kappa shape index (κ3) is 2.95. The zero-order valence-corrected chi connectivity index (χ0v) is 9.35. The standard InChI is InChI=1S/C13H14N2O2/c14-13(16)12-11(6-7-15-12)9-17-8-10-4-2-1-3-5-10/h1-7,15H,8-9H2,(H2,14,16). The van der Waals surface area contributed by atoms with E-state index < -0.39 is 5.91 Å². The molecule has 4 heteroatoms. The lowest BCUT2D eigenvalue weighted by atomic mass is 10.2. The van der Waals surface area contributed by atoms with Gasteiger partial charge in [-0.05, 0) is 11.6 Å². The van der Waals surface area contributed by atoms with Crippen molar-refractivity contribution in [3.8, 4) is 0 Å². The number of primary amides is 1. The quantitative estimate of drug-likeness (QED) is 0.822. The molecule has 0 saturated carbocycles. The van der Waals surface area contributed by atoms with Crippen LogP contribution in [0.4, 0.5) is 0 Å². The first kappa shape index (κ1) is 11.4. The Labute approximate surface area is 99.4 Å². The first-order valence-corrected chi connectivity index (χ1v) is 5.35. The lowest BCUT2D eigenvalue weighted by Crippen LogP contribution is -2.14. The number of amides is 1. The fourth-order valence-corrected chi connectivity index (χ4v) is 1.60. The number of aromatic nitrogens is 1. The number of aromatic amines is 1. The molecule has 2 rings (SSSR count). The van der Waals surface area contributed by atoms with Gasteiger partial charge >= 0.3 is 0 Å². The molecule has 0 unspecified atom stereocenters. The molecule has 0 saturated heterocycles. The number of H-pyrrole nitrogens is 1. The summed E-state index contributed by atoms with van der Waals surface area (Å²) in [5.41, 5.74) is 7.52. The monoisotopic (exact) mass is 230 g/mol. The molecule has 17 heavy (non-hydrogen) atoms. The van der Waals surface area contributed by atoms with Crippen LogP contribution in [0, 0.1) is 0 Å². The number of carbonyl (C=O) groups is 1. The maximum absolute atomic E-state index is 11.1. The van der Waals surface area contributed by atoms with Gasteiger partial charge in [0, 0.05) is 11.8 Å². The third-order valence-corrected chi connectivity index (χ3v) is 2.45. The number of benzene rings is 1. The number of ether oxygens (including phenoxy) is 1. The lowest BCUT2D eigenvalue weighted by molar-refractivity contribution is 0.0963. The van der Waals surface area contributed by atoms with E-state index in [4.69, 9.17) is 10.5 Å². The van der Waals surface area contributed by atoms with Crippen molar-refractivity contribution in [1.29, 1.82) is 0 Å². The van der Waals surface area contributed by atoms with E-state index in [9.17, 15) is 4.79 Å². The van der Waals surface area contributed by atoms with Gasteiger partial charge in [-0.15, -0.1) is 0 Å². The Morgan fingerprint density at radius 3 is 2.65 bits per heavy atom. The number of carbonyl (C=O) groups excluding carboxylic acids is 1. The van der Waals surface area contributed by atoms with Crippen LogP contribution in [0.1, 0.15) is 21.6 Å². The van der Waals surface area contributed by atoms with Crippen LogP contribution in [0.2, 0.25) is 0 Å². The van der Waals surface area contributed by atoms with Crippen LogP contribution < -0.4 is 5.73 Å². The summed E-state index contributed by atoms with van der Waals surface area (Å²) in [5.74, 6) is -0.465. The average molecular weight is 230 g/mol. The Bertz CT molecular complexity index is 491. The first-order chi connectivity index (χ1) is 8.27. The van der Waals surface area contributed by atoms with Crippen molar-refractivity contribution in [3.05, 3.63) is 59.4 Å². The Hall–Kier alpha value is -2.07. The summed E-state index contributed by atoms with van der Waals surface area (Å²) in [6.45, 7) is 0.890. The Balaban J connectivity index is 1.90. The molecule has 1 heterocycles. The van der Waals surface area contributed by atoms with Gasteiger partial charge in [-0.1, -0.05) is 30.3 Å². The maximum Gasteiger partial charge on any atom is 0.265 e. The van der Waals surface area contributed by atoms with Crippen molar-refractivity contribution >= 4 is 5.91 Å². The van der Waals surface area contributed by atoms with E-state index >= 15 is 0 Å². The second kappa shape index (κ2) is 5.32. The summed E-state index contributed by atoms with van der Waals surface area (Å²) in [6, 6.07) is 11.7. The Kier molecular flexibility index (Phi) is 3.57. The van der Waals surface area contributed by atoms with Gasteiger partial charge in [0.2, 0.25) is 0 Å².